The summed E-state index contributed by atoms with van der Waals surface area (Å²) in [6.07, 6.45) is 22.1. The lowest BCUT2D eigenvalue weighted by molar-refractivity contribution is 0.396. The SMILES string of the molecule is CCCCCCCCCCCCCCCCCCN(CCC)S(N)(=O)=O. The van der Waals surface area contributed by atoms with Crippen molar-refractivity contribution in [2.75, 3.05) is 13.1 Å². The van der Waals surface area contributed by atoms with Crippen LogP contribution in [-0.4, -0.2) is 25.8 Å². The zero-order chi connectivity index (χ0) is 19.5. The molecule has 0 saturated carbocycles. The van der Waals surface area contributed by atoms with Crippen LogP contribution in [0.5, 0.6) is 0 Å². The molecular weight excluding hydrogens is 344 g/mol. The topological polar surface area (TPSA) is 63.4 Å². The van der Waals surface area contributed by atoms with Crippen LogP contribution < -0.4 is 5.14 Å². The van der Waals surface area contributed by atoms with Crippen LogP contribution in [0.4, 0.5) is 0 Å². The van der Waals surface area contributed by atoms with Gasteiger partial charge in [0.2, 0.25) is 0 Å². The van der Waals surface area contributed by atoms with E-state index in [-0.39, 0.29) is 0 Å². The van der Waals surface area contributed by atoms with Crippen LogP contribution in [0.2, 0.25) is 0 Å². The van der Waals surface area contributed by atoms with E-state index in [9.17, 15) is 8.42 Å². The fourth-order valence-corrected chi connectivity index (χ4v) is 4.27. The summed E-state index contributed by atoms with van der Waals surface area (Å²) in [6, 6.07) is 0. The summed E-state index contributed by atoms with van der Waals surface area (Å²) in [5.41, 5.74) is 0. The Kier molecular flexibility index (Phi) is 18.2. The van der Waals surface area contributed by atoms with E-state index >= 15 is 0 Å². The maximum Gasteiger partial charge on any atom is 0.276 e. The second kappa shape index (κ2) is 18.2. The normalized spacial score (nSPS) is 12.2. The van der Waals surface area contributed by atoms with Gasteiger partial charge in [0.15, 0.2) is 0 Å². The van der Waals surface area contributed by atoms with E-state index in [0.717, 1.165) is 19.3 Å². The Hall–Kier alpha value is -0.130. The molecule has 0 aliphatic carbocycles. The Balaban J connectivity index is 3.29. The van der Waals surface area contributed by atoms with E-state index in [2.05, 4.69) is 6.92 Å². The first-order valence-corrected chi connectivity index (χ1v) is 12.8. The van der Waals surface area contributed by atoms with Crippen molar-refractivity contribution in [3.63, 3.8) is 0 Å². The quantitative estimate of drug-likeness (QED) is 0.253. The van der Waals surface area contributed by atoms with Gasteiger partial charge in [0.1, 0.15) is 0 Å². The second-order valence-electron chi connectivity index (χ2n) is 7.75. The average Bonchev–Trinajstić information content (AvgIpc) is 2.59. The van der Waals surface area contributed by atoms with Gasteiger partial charge in [-0.2, -0.15) is 12.7 Å². The first-order chi connectivity index (χ1) is 12.5. The largest absolute Gasteiger partial charge is 0.276 e. The van der Waals surface area contributed by atoms with Crippen molar-refractivity contribution in [1.29, 1.82) is 0 Å². The standard InChI is InChI=1S/C21H46N2O2S/c1-3-5-6-7-8-9-10-11-12-13-14-15-16-17-18-19-21-23(20-4-2)26(22,24)25/h3-21H2,1-2H3,(H2,22,24,25). The van der Waals surface area contributed by atoms with Gasteiger partial charge in [-0.15, -0.1) is 0 Å². The van der Waals surface area contributed by atoms with E-state index in [4.69, 9.17) is 5.14 Å². The summed E-state index contributed by atoms with van der Waals surface area (Å²) in [4.78, 5) is 0. The van der Waals surface area contributed by atoms with Crippen LogP contribution in [0.25, 0.3) is 0 Å². The Morgan fingerprint density at radius 3 is 1.19 bits per heavy atom. The van der Waals surface area contributed by atoms with Crippen molar-refractivity contribution < 1.29 is 8.42 Å². The molecule has 0 aromatic carbocycles. The van der Waals surface area contributed by atoms with Gasteiger partial charge in [0.25, 0.3) is 10.2 Å². The predicted molar refractivity (Wildman–Crippen MR) is 115 cm³/mol. The molecule has 0 spiro atoms. The maximum absolute atomic E-state index is 11.4. The molecule has 0 radical (unpaired) electrons. The minimum Gasteiger partial charge on any atom is -0.216 e. The number of nitrogens with zero attached hydrogens (tertiary/aromatic N) is 1. The molecule has 0 unspecified atom stereocenters. The van der Waals surface area contributed by atoms with Gasteiger partial charge in [-0.1, -0.05) is 110 Å². The van der Waals surface area contributed by atoms with Crippen molar-refractivity contribution in [2.24, 2.45) is 5.14 Å². The molecule has 0 amide bonds. The third kappa shape index (κ3) is 17.3. The molecule has 2 N–H and O–H groups in total. The summed E-state index contributed by atoms with van der Waals surface area (Å²) in [7, 11) is -3.51. The van der Waals surface area contributed by atoms with Crippen molar-refractivity contribution in [2.45, 2.75) is 123 Å². The molecular formula is C21H46N2O2S. The number of nitrogens with two attached hydrogens (primary N) is 1. The average molecular weight is 391 g/mol. The van der Waals surface area contributed by atoms with Gasteiger partial charge >= 0.3 is 0 Å². The van der Waals surface area contributed by atoms with Gasteiger partial charge < -0.3 is 0 Å². The van der Waals surface area contributed by atoms with Crippen molar-refractivity contribution in [3.05, 3.63) is 0 Å². The number of rotatable bonds is 20. The van der Waals surface area contributed by atoms with E-state index in [0.29, 0.717) is 13.1 Å². The third-order valence-electron chi connectivity index (χ3n) is 5.09. The number of unbranched alkanes of at least 4 members (excludes halogenated alkanes) is 15. The molecule has 0 heterocycles. The van der Waals surface area contributed by atoms with Gasteiger partial charge in [-0.05, 0) is 12.8 Å². The predicted octanol–water partition coefficient (Wildman–Crippen LogP) is 6.16. The maximum atomic E-state index is 11.4. The first kappa shape index (κ1) is 25.9. The molecule has 0 aliphatic heterocycles. The van der Waals surface area contributed by atoms with Crippen molar-refractivity contribution in [3.8, 4) is 0 Å². The molecule has 158 valence electrons. The first-order valence-electron chi connectivity index (χ1n) is 11.3. The number of hydrogen-bond donors (Lipinski definition) is 1. The van der Waals surface area contributed by atoms with Crippen LogP contribution in [0.15, 0.2) is 0 Å². The Labute approximate surface area is 164 Å². The highest BCUT2D eigenvalue weighted by molar-refractivity contribution is 7.86. The summed E-state index contributed by atoms with van der Waals surface area (Å²) in [5, 5.41) is 5.23. The zero-order valence-electron chi connectivity index (χ0n) is 17.7. The Morgan fingerprint density at radius 1 is 0.538 bits per heavy atom. The number of hydrogen-bond acceptors (Lipinski definition) is 2. The monoisotopic (exact) mass is 390 g/mol. The van der Waals surface area contributed by atoms with Crippen LogP contribution in [0.3, 0.4) is 0 Å². The van der Waals surface area contributed by atoms with E-state index < -0.39 is 10.2 Å². The highest BCUT2D eigenvalue weighted by atomic mass is 32.2. The van der Waals surface area contributed by atoms with Gasteiger partial charge in [-0.3, -0.25) is 0 Å². The smallest absolute Gasteiger partial charge is 0.216 e. The fourth-order valence-electron chi connectivity index (χ4n) is 3.45. The zero-order valence-corrected chi connectivity index (χ0v) is 18.5. The molecule has 26 heavy (non-hydrogen) atoms. The van der Waals surface area contributed by atoms with E-state index in [1.807, 2.05) is 6.92 Å². The highest BCUT2D eigenvalue weighted by Crippen LogP contribution is 2.14. The van der Waals surface area contributed by atoms with Gasteiger partial charge in [-0.25, -0.2) is 5.14 Å². The van der Waals surface area contributed by atoms with Crippen LogP contribution >= 0.6 is 0 Å². The Bertz CT molecular complexity index is 385. The van der Waals surface area contributed by atoms with Crippen molar-refractivity contribution >= 4 is 10.2 Å². The van der Waals surface area contributed by atoms with E-state index in [1.54, 1.807) is 0 Å². The molecule has 4 nitrogen and oxygen atoms in total. The molecule has 0 fully saturated rings. The summed E-state index contributed by atoms with van der Waals surface area (Å²) >= 11 is 0. The van der Waals surface area contributed by atoms with Crippen LogP contribution in [0, 0.1) is 0 Å². The summed E-state index contributed by atoms with van der Waals surface area (Å²) in [5.74, 6) is 0. The third-order valence-corrected chi connectivity index (χ3v) is 6.18. The molecule has 0 atom stereocenters. The fraction of sp³-hybridized carbons (Fsp3) is 1.00. The minimum absolute atomic E-state index is 0.539. The lowest BCUT2D eigenvalue weighted by Crippen LogP contribution is -2.37. The molecule has 0 aliphatic rings. The molecule has 0 aromatic rings. The van der Waals surface area contributed by atoms with Crippen LogP contribution in [0.1, 0.15) is 123 Å². The molecule has 0 bridgehead atoms. The molecule has 0 rings (SSSR count). The van der Waals surface area contributed by atoms with E-state index in [1.165, 1.54) is 94.2 Å². The molecule has 5 heteroatoms. The molecule has 0 saturated heterocycles. The Morgan fingerprint density at radius 2 is 0.885 bits per heavy atom. The lowest BCUT2D eigenvalue weighted by Gasteiger charge is -2.18. The van der Waals surface area contributed by atoms with Crippen molar-refractivity contribution in [1.82, 2.24) is 4.31 Å². The minimum atomic E-state index is -3.51. The van der Waals surface area contributed by atoms with Crippen LogP contribution in [-0.2, 0) is 10.2 Å². The lowest BCUT2D eigenvalue weighted by atomic mass is 10.0. The second-order valence-corrected chi connectivity index (χ2v) is 9.29. The highest BCUT2D eigenvalue weighted by Gasteiger charge is 2.14. The molecule has 0 aromatic heterocycles. The summed E-state index contributed by atoms with van der Waals surface area (Å²) in [6.45, 7) is 5.37. The summed E-state index contributed by atoms with van der Waals surface area (Å²) < 4.78 is 24.2. The van der Waals surface area contributed by atoms with Gasteiger partial charge in [0, 0.05) is 13.1 Å². The van der Waals surface area contributed by atoms with Gasteiger partial charge in [0.05, 0.1) is 0 Å².